The first-order chi connectivity index (χ1) is 18.7. The fraction of sp³-hybridized carbons (Fsp3) is 0.216. The Labute approximate surface area is 232 Å². The zero-order valence-electron chi connectivity index (χ0n) is 23.9. The fourth-order valence-electron chi connectivity index (χ4n) is 7.02. The Morgan fingerprint density at radius 1 is 0.641 bits per heavy atom. The molecule has 0 aliphatic carbocycles. The predicted octanol–water partition coefficient (Wildman–Crippen LogP) is 7.69. The summed E-state index contributed by atoms with van der Waals surface area (Å²) in [6, 6.07) is 26.5. The number of nitrogens with one attached hydrogen (secondary N) is 1. The van der Waals surface area contributed by atoms with Gasteiger partial charge >= 0.3 is 0 Å². The second-order valence-corrected chi connectivity index (χ2v) is 11.9. The molecule has 1 N–H and O–H groups in total. The van der Waals surface area contributed by atoms with E-state index in [0.29, 0.717) is 0 Å². The standard InChI is InChI=1S/C37H37N2/c1-36(2)32(38(5)30-24-22-26-16-12-14-18-28(26)34(30)36)20-10-8-7-9-11-21-33-37(3,4)35-29-19-15-13-17-27(29)23-25-31(35)39(33)6/h7-25H,1-6H3/q+1/p+1. The molecule has 2 nitrogen and oxygen atoms in total. The highest BCUT2D eigenvalue weighted by Gasteiger charge is 2.45. The summed E-state index contributed by atoms with van der Waals surface area (Å²) in [7, 11) is 4.44. The molecule has 2 heteroatoms. The van der Waals surface area contributed by atoms with E-state index >= 15 is 0 Å². The number of hydrogen-bond acceptors (Lipinski definition) is 0. The van der Waals surface area contributed by atoms with Gasteiger partial charge < -0.3 is 0 Å². The molecule has 0 amide bonds. The van der Waals surface area contributed by atoms with Crippen LogP contribution in [0.4, 0.5) is 11.4 Å². The van der Waals surface area contributed by atoms with Crippen LogP contribution < -0.4 is 4.90 Å². The maximum absolute atomic E-state index is 2.35. The van der Waals surface area contributed by atoms with Crippen LogP contribution in [0.5, 0.6) is 0 Å². The molecular formula is C37H38N2+2. The van der Waals surface area contributed by atoms with Gasteiger partial charge in [-0.15, -0.1) is 0 Å². The molecule has 1 unspecified atom stereocenters. The predicted molar refractivity (Wildman–Crippen MR) is 167 cm³/mol. The van der Waals surface area contributed by atoms with Crippen molar-refractivity contribution in [2.45, 2.75) is 38.5 Å². The van der Waals surface area contributed by atoms with Crippen LogP contribution in [0.3, 0.4) is 0 Å². The lowest BCUT2D eigenvalue weighted by atomic mass is 9.79. The normalized spacial score (nSPS) is 20.9. The van der Waals surface area contributed by atoms with Crippen LogP contribution >= 0.6 is 0 Å². The lowest BCUT2D eigenvalue weighted by Gasteiger charge is -2.19. The average Bonchev–Trinajstić information content (AvgIpc) is 3.25. The van der Waals surface area contributed by atoms with Gasteiger partial charge in [0.15, 0.2) is 5.71 Å². The Kier molecular flexibility index (Phi) is 6.04. The second kappa shape index (κ2) is 9.32. The highest BCUT2D eigenvalue weighted by atomic mass is 15.2. The molecule has 0 saturated carbocycles. The molecular weight excluding hydrogens is 472 g/mol. The minimum atomic E-state index is -0.0594. The van der Waals surface area contributed by atoms with Gasteiger partial charge in [-0.3, -0.25) is 4.90 Å². The number of benzene rings is 4. The van der Waals surface area contributed by atoms with Crippen molar-refractivity contribution < 1.29 is 9.48 Å². The molecule has 4 aromatic rings. The van der Waals surface area contributed by atoms with E-state index in [1.807, 2.05) is 0 Å². The first kappa shape index (κ1) is 25.3. The number of rotatable bonds is 4. The van der Waals surface area contributed by atoms with Crippen LogP contribution in [0.1, 0.15) is 38.8 Å². The summed E-state index contributed by atoms with van der Waals surface area (Å²) >= 11 is 0. The zero-order valence-corrected chi connectivity index (χ0v) is 23.9. The van der Waals surface area contributed by atoms with Crippen molar-refractivity contribution in [1.82, 2.24) is 0 Å². The van der Waals surface area contributed by atoms with Crippen molar-refractivity contribution in [3.05, 3.63) is 132 Å². The highest BCUT2D eigenvalue weighted by Crippen LogP contribution is 2.44. The van der Waals surface area contributed by atoms with Crippen LogP contribution in [0.2, 0.25) is 0 Å². The number of quaternary nitrogens is 1. The first-order valence-corrected chi connectivity index (χ1v) is 13.9. The van der Waals surface area contributed by atoms with E-state index in [2.05, 4.69) is 162 Å². The number of nitrogens with zero attached hydrogens (tertiary/aromatic N) is 1. The molecule has 0 fully saturated rings. The van der Waals surface area contributed by atoms with Crippen molar-refractivity contribution in [2.24, 2.45) is 0 Å². The smallest absolute Gasteiger partial charge is 0.210 e. The molecule has 194 valence electrons. The molecule has 2 heterocycles. The zero-order chi connectivity index (χ0) is 27.4. The number of fused-ring (bicyclic) bond motifs is 6. The van der Waals surface area contributed by atoms with E-state index in [9.17, 15) is 0 Å². The fourth-order valence-corrected chi connectivity index (χ4v) is 7.02. The van der Waals surface area contributed by atoms with Gasteiger partial charge in [-0.25, -0.2) is 0 Å². The second-order valence-electron chi connectivity index (χ2n) is 11.9. The summed E-state index contributed by atoms with van der Waals surface area (Å²) in [5.41, 5.74) is 8.16. The van der Waals surface area contributed by atoms with E-state index < -0.39 is 0 Å². The summed E-state index contributed by atoms with van der Waals surface area (Å²) in [5, 5.41) is 5.33. The summed E-state index contributed by atoms with van der Waals surface area (Å²) in [6.45, 7) is 9.37. The van der Waals surface area contributed by atoms with Gasteiger partial charge in [0.1, 0.15) is 18.4 Å². The molecule has 2 aliphatic heterocycles. The maximum Gasteiger partial charge on any atom is 0.210 e. The molecule has 4 aromatic carbocycles. The van der Waals surface area contributed by atoms with Gasteiger partial charge in [0.2, 0.25) is 5.69 Å². The number of hydrogen-bond donors (Lipinski definition) is 1. The monoisotopic (exact) mass is 510 g/mol. The third kappa shape index (κ3) is 3.94. The molecule has 39 heavy (non-hydrogen) atoms. The Bertz CT molecular complexity index is 1770. The van der Waals surface area contributed by atoms with Crippen molar-refractivity contribution in [3.8, 4) is 0 Å². The third-order valence-corrected chi connectivity index (χ3v) is 8.89. The summed E-state index contributed by atoms with van der Waals surface area (Å²) in [4.78, 5) is 1.38. The lowest BCUT2D eigenvalue weighted by Crippen LogP contribution is -3.01. The van der Waals surface area contributed by atoms with E-state index in [-0.39, 0.29) is 10.8 Å². The number of allylic oxidation sites excluding steroid dienone is 8. The van der Waals surface area contributed by atoms with Crippen molar-refractivity contribution >= 4 is 38.6 Å². The summed E-state index contributed by atoms with van der Waals surface area (Å²) in [6.07, 6.45) is 15.3. The van der Waals surface area contributed by atoms with Crippen LogP contribution in [0.15, 0.2) is 121 Å². The SMILES string of the molecule is C[N+]1=C(/C=C/C=C/C=C/C=C2/[NH+](C)c3ccc4ccccc4c3C2(C)C)C(C)(C)c2c1ccc1ccccc21. The van der Waals surface area contributed by atoms with E-state index in [1.54, 1.807) is 0 Å². The van der Waals surface area contributed by atoms with E-state index in [0.717, 1.165) is 0 Å². The quantitative estimate of drug-likeness (QED) is 0.213. The molecule has 0 bridgehead atoms. The molecule has 6 rings (SSSR count). The van der Waals surface area contributed by atoms with Crippen LogP contribution in [0.25, 0.3) is 21.5 Å². The van der Waals surface area contributed by atoms with E-state index in [1.165, 1.54) is 60.4 Å². The summed E-state index contributed by atoms with van der Waals surface area (Å²) < 4.78 is 2.34. The number of likely N-dealkylation sites (N-methyl/N-ethyl adjacent to an activating group) is 1. The molecule has 0 saturated heterocycles. The first-order valence-electron chi connectivity index (χ1n) is 13.9. The van der Waals surface area contributed by atoms with Crippen molar-refractivity contribution in [2.75, 3.05) is 14.1 Å². The van der Waals surface area contributed by atoms with Crippen LogP contribution in [-0.2, 0) is 10.8 Å². The van der Waals surface area contributed by atoms with Gasteiger partial charge in [-0.05, 0) is 67.4 Å². The van der Waals surface area contributed by atoms with Gasteiger partial charge in [0.25, 0.3) is 0 Å². The Hall–Kier alpha value is -4.01. The maximum atomic E-state index is 2.35. The topological polar surface area (TPSA) is 7.45 Å². The molecule has 0 spiro atoms. The Morgan fingerprint density at radius 3 is 1.95 bits per heavy atom. The largest absolute Gasteiger partial charge is 0.275 e. The average molecular weight is 511 g/mol. The Balaban J connectivity index is 1.21. The minimum absolute atomic E-state index is 0.0251. The lowest BCUT2D eigenvalue weighted by molar-refractivity contribution is -0.764. The van der Waals surface area contributed by atoms with Gasteiger partial charge in [-0.2, -0.15) is 4.58 Å². The van der Waals surface area contributed by atoms with Gasteiger partial charge in [0, 0.05) is 29.3 Å². The molecule has 0 radical (unpaired) electrons. The van der Waals surface area contributed by atoms with E-state index in [4.69, 9.17) is 0 Å². The van der Waals surface area contributed by atoms with Crippen LogP contribution in [-0.4, -0.2) is 24.4 Å². The van der Waals surface area contributed by atoms with Crippen LogP contribution in [0, 0.1) is 0 Å². The van der Waals surface area contributed by atoms with Crippen molar-refractivity contribution in [3.63, 3.8) is 0 Å². The van der Waals surface area contributed by atoms with Crippen molar-refractivity contribution in [1.29, 1.82) is 0 Å². The Morgan fingerprint density at radius 2 is 1.23 bits per heavy atom. The third-order valence-electron chi connectivity index (χ3n) is 8.89. The summed E-state index contributed by atoms with van der Waals surface area (Å²) in [5.74, 6) is 0. The molecule has 2 aliphatic rings. The highest BCUT2D eigenvalue weighted by molar-refractivity contribution is 6.07. The van der Waals surface area contributed by atoms with Gasteiger partial charge in [-0.1, -0.05) is 78.9 Å². The molecule has 1 atom stereocenters. The van der Waals surface area contributed by atoms with Gasteiger partial charge in [0.05, 0.1) is 17.9 Å². The molecule has 0 aromatic heterocycles. The minimum Gasteiger partial charge on any atom is -0.275 e.